The minimum atomic E-state index is -4.34. The van der Waals surface area contributed by atoms with Crippen molar-refractivity contribution in [2.45, 2.75) is 38.6 Å². The van der Waals surface area contributed by atoms with Crippen LogP contribution in [-0.4, -0.2) is 34.3 Å². The Labute approximate surface area is 117 Å². The van der Waals surface area contributed by atoms with Crippen molar-refractivity contribution < 1.29 is 23.0 Å². The Morgan fingerprint density at radius 1 is 1.47 bits per heavy atom. The van der Waals surface area contributed by atoms with E-state index in [-0.39, 0.29) is 19.1 Å². The van der Waals surface area contributed by atoms with Crippen molar-refractivity contribution in [3.8, 4) is 0 Å². The molecule has 19 heavy (non-hydrogen) atoms. The van der Waals surface area contributed by atoms with E-state index in [0.717, 1.165) is 0 Å². The van der Waals surface area contributed by atoms with E-state index < -0.39 is 18.9 Å². The highest BCUT2D eigenvalue weighted by Gasteiger charge is 2.27. The SMILES string of the molecule is CC(C)n1ncc(Br)c1C(O)CCOCC(F)(F)F. The maximum Gasteiger partial charge on any atom is 0.411 e. The largest absolute Gasteiger partial charge is 0.411 e. The third-order valence-electron chi connectivity index (χ3n) is 2.39. The van der Waals surface area contributed by atoms with E-state index in [4.69, 9.17) is 0 Å². The van der Waals surface area contributed by atoms with Crippen LogP contribution in [0.25, 0.3) is 0 Å². The first kappa shape index (κ1) is 16.5. The summed E-state index contributed by atoms with van der Waals surface area (Å²) >= 11 is 3.26. The highest BCUT2D eigenvalue weighted by atomic mass is 79.9. The number of nitrogens with zero attached hydrogens (tertiary/aromatic N) is 2. The molecular weight excluding hydrogens is 329 g/mol. The molecule has 0 aromatic carbocycles. The van der Waals surface area contributed by atoms with Crippen molar-refractivity contribution in [1.82, 2.24) is 9.78 Å². The van der Waals surface area contributed by atoms with E-state index in [0.29, 0.717) is 10.2 Å². The van der Waals surface area contributed by atoms with E-state index in [2.05, 4.69) is 25.8 Å². The zero-order valence-corrected chi connectivity index (χ0v) is 12.2. The van der Waals surface area contributed by atoms with E-state index in [9.17, 15) is 18.3 Å². The van der Waals surface area contributed by atoms with Gasteiger partial charge in [0, 0.05) is 19.1 Å². The van der Waals surface area contributed by atoms with Crippen molar-refractivity contribution in [2.24, 2.45) is 0 Å². The van der Waals surface area contributed by atoms with Gasteiger partial charge in [0.15, 0.2) is 0 Å². The summed E-state index contributed by atoms with van der Waals surface area (Å²) < 4.78 is 42.4. The second-order valence-electron chi connectivity index (χ2n) is 4.39. The molecule has 1 unspecified atom stereocenters. The molecule has 0 aliphatic carbocycles. The fourth-order valence-corrected chi connectivity index (χ4v) is 2.13. The van der Waals surface area contributed by atoms with Crippen LogP contribution in [0.3, 0.4) is 0 Å². The first-order valence-corrected chi connectivity index (χ1v) is 6.57. The molecule has 0 amide bonds. The van der Waals surface area contributed by atoms with Crippen molar-refractivity contribution in [1.29, 1.82) is 0 Å². The monoisotopic (exact) mass is 344 g/mol. The summed E-state index contributed by atoms with van der Waals surface area (Å²) in [6, 6.07) is 0.0482. The molecule has 0 spiro atoms. The van der Waals surface area contributed by atoms with E-state index in [1.165, 1.54) is 0 Å². The summed E-state index contributed by atoms with van der Waals surface area (Å²) in [7, 11) is 0. The lowest BCUT2D eigenvalue weighted by molar-refractivity contribution is -0.175. The van der Waals surface area contributed by atoms with Gasteiger partial charge >= 0.3 is 6.18 Å². The highest BCUT2D eigenvalue weighted by Crippen LogP contribution is 2.28. The Morgan fingerprint density at radius 3 is 2.63 bits per heavy atom. The summed E-state index contributed by atoms with van der Waals surface area (Å²) in [5, 5.41) is 14.1. The van der Waals surface area contributed by atoms with Crippen LogP contribution in [0.5, 0.6) is 0 Å². The minimum Gasteiger partial charge on any atom is -0.387 e. The van der Waals surface area contributed by atoms with Gasteiger partial charge in [0.1, 0.15) is 6.61 Å². The highest BCUT2D eigenvalue weighted by molar-refractivity contribution is 9.10. The molecule has 8 heteroatoms. The van der Waals surface area contributed by atoms with Crippen molar-refractivity contribution in [3.05, 3.63) is 16.4 Å². The van der Waals surface area contributed by atoms with Gasteiger partial charge in [-0.15, -0.1) is 0 Å². The summed E-state index contributed by atoms with van der Waals surface area (Å²) in [5.41, 5.74) is 0.547. The number of ether oxygens (including phenoxy) is 1. The van der Waals surface area contributed by atoms with Gasteiger partial charge in [-0.3, -0.25) is 4.68 Å². The molecule has 0 fully saturated rings. The van der Waals surface area contributed by atoms with Gasteiger partial charge in [-0.25, -0.2) is 0 Å². The number of aliphatic hydroxyl groups excluding tert-OH is 1. The first-order valence-electron chi connectivity index (χ1n) is 5.78. The normalized spacial score (nSPS) is 14.1. The number of hydrogen-bond donors (Lipinski definition) is 1. The van der Waals surface area contributed by atoms with Crippen LogP contribution >= 0.6 is 15.9 Å². The molecular formula is C11H16BrF3N2O2. The number of hydrogen-bond acceptors (Lipinski definition) is 3. The Morgan fingerprint density at radius 2 is 2.11 bits per heavy atom. The predicted octanol–water partition coefficient (Wildman–Crippen LogP) is 3.23. The number of halogens is 4. The zero-order valence-electron chi connectivity index (χ0n) is 10.6. The van der Waals surface area contributed by atoms with Gasteiger partial charge in [-0.2, -0.15) is 18.3 Å². The Balaban J connectivity index is 2.54. The van der Waals surface area contributed by atoms with Gasteiger partial charge in [-0.05, 0) is 29.8 Å². The van der Waals surface area contributed by atoms with E-state index >= 15 is 0 Å². The molecule has 1 aromatic heterocycles. The Hall–Kier alpha value is -0.600. The molecule has 0 aliphatic rings. The maximum atomic E-state index is 11.9. The predicted molar refractivity (Wildman–Crippen MR) is 66.8 cm³/mol. The second kappa shape index (κ2) is 6.71. The van der Waals surface area contributed by atoms with Crippen LogP contribution in [0.1, 0.15) is 38.1 Å². The van der Waals surface area contributed by atoms with Crippen LogP contribution in [0.4, 0.5) is 13.2 Å². The average Bonchev–Trinajstić information content (AvgIpc) is 2.65. The number of aromatic nitrogens is 2. The quantitative estimate of drug-likeness (QED) is 0.806. The van der Waals surface area contributed by atoms with Crippen molar-refractivity contribution in [2.75, 3.05) is 13.2 Å². The van der Waals surface area contributed by atoms with Crippen LogP contribution in [0.2, 0.25) is 0 Å². The summed E-state index contributed by atoms with van der Waals surface area (Å²) in [6.45, 7) is 2.33. The van der Waals surface area contributed by atoms with E-state index in [1.807, 2.05) is 13.8 Å². The molecule has 0 saturated heterocycles. The summed E-state index contributed by atoms with van der Waals surface area (Å²) in [5.74, 6) is 0. The number of aliphatic hydroxyl groups is 1. The van der Waals surface area contributed by atoms with Crippen molar-refractivity contribution >= 4 is 15.9 Å². The van der Waals surface area contributed by atoms with E-state index in [1.54, 1.807) is 10.9 Å². The molecule has 1 heterocycles. The van der Waals surface area contributed by atoms with Crippen LogP contribution < -0.4 is 0 Å². The number of rotatable bonds is 6. The number of alkyl halides is 3. The Bertz CT molecular complexity index is 407. The smallest absolute Gasteiger partial charge is 0.387 e. The minimum absolute atomic E-state index is 0.0482. The third-order valence-corrected chi connectivity index (χ3v) is 3.00. The average molecular weight is 345 g/mol. The van der Waals surface area contributed by atoms with Crippen LogP contribution in [0, 0.1) is 0 Å². The fourth-order valence-electron chi connectivity index (χ4n) is 1.59. The molecule has 0 aliphatic heterocycles. The zero-order chi connectivity index (χ0) is 14.6. The molecule has 0 radical (unpaired) electrons. The molecule has 0 saturated carbocycles. The Kier molecular flexibility index (Phi) is 5.82. The fraction of sp³-hybridized carbons (Fsp3) is 0.727. The molecule has 4 nitrogen and oxygen atoms in total. The topological polar surface area (TPSA) is 47.3 Å². The maximum absolute atomic E-state index is 11.9. The second-order valence-corrected chi connectivity index (χ2v) is 5.24. The standard InChI is InChI=1S/C11H16BrF3N2O2/c1-7(2)17-10(8(12)5-16-17)9(18)3-4-19-6-11(13,14)15/h5,7,9,18H,3-4,6H2,1-2H3. The molecule has 1 atom stereocenters. The van der Waals surface area contributed by atoms with Crippen molar-refractivity contribution in [3.63, 3.8) is 0 Å². The van der Waals surface area contributed by atoms with Gasteiger partial charge in [0.2, 0.25) is 0 Å². The summed E-state index contributed by atoms with van der Waals surface area (Å²) in [4.78, 5) is 0. The first-order chi connectivity index (χ1) is 8.72. The molecule has 0 bridgehead atoms. The van der Waals surface area contributed by atoms with Gasteiger partial charge in [0.25, 0.3) is 0 Å². The molecule has 1 N–H and O–H groups in total. The van der Waals surface area contributed by atoms with Crippen LogP contribution in [-0.2, 0) is 4.74 Å². The molecule has 1 rings (SSSR count). The lowest BCUT2D eigenvalue weighted by Gasteiger charge is -2.17. The summed E-state index contributed by atoms with van der Waals surface area (Å²) in [6.07, 6.45) is -3.64. The third kappa shape index (κ3) is 5.12. The molecule has 110 valence electrons. The van der Waals surface area contributed by atoms with Gasteiger partial charge in [0.05, 0.1) is 22.5 Å². The molecule has 1 aromatic rings. The lowest BCUT2D eigenvalue weighted by Crippen LogP contribution is -2.19. The van der Waals surface area contributed by atoms with Gasteiger partial charge in [-0.1, -0.05) is 0 Å². The van der Waals surface area contributed by atoms with Gasteiger partial charge < -0.3 is 9.84 Å². The van der Waals surface area contributed by atoms with Crippen LogP contribution in [0.15, 0.2) is 10.7 Å². The lowest BCUT2D eigenvalue weighted by atomic mass is 10.2.